The molecule has 2 aromatic carbocycles. The van der Waals surface area contributed by atoms with Crippen LogP contribution in [0.25, 0.3) is 0 Å². The van der Waals surface area contributed by atoms with E-state index in [9.17, 15) is 9.18 Å². The minimum atomic E-state index is -0.827. The Kier molecular flexibility index (Phi) is 5.90. The molecule has 0 heterocycles. The first kappa shape index (κ1) is 17.2. The van der Waals surface area contributed by atoms with Crippen LogP contribution in [0.2, 0.25) is 5.02 Å². The maximum Gasteiger partial charge on any atom is 0.340 e. The Morgan fingerprint density at radius 2 is 2.00 bits per heavy atom. The molecule has 2 rings (SSSR count). The van der Waals surface area contributed by atoms with Crippen molar-refractivity contribution in [2.24, 2.45) is 0 Å². The number of benzene rings is 2. The molecule has 0 amide bonds. The predicted octanol–water partition coefficient (Wildman–Crippen LogP) is 3.75. The molecule has 0 aromatic heterocycles. The number of hydrogen-bond donors (Lipinski definition) is 2. The summed E-state index contributed by atoms with van der Waals surface area (Å²) in [7, 11) is 1.17. The van der Waals surface area contributed by atoms with Crippen LogP contribution in [-0.4, -0.2) is 18.2 Å². The third-order valence-corrected chi connectivity index (χ3v) is 3.51. The lowest BCUT2D eigenvalue weighted by Gasteiger charge is -2.12. The van der Waals surface area contributed by atoms with Crippen LogP contribution < -0.4 is 10.6 Å². The zero-order chi connectivity index (χ0) is 16.8. The van der Waals surface area contributed by atoms with Crippen molar-refractivity contribution >= 4 is 40.6 Å². The number of ether oxygens (including phenoxy) is 1. The third-order valence-electron chi connectivity index (χ3n) is 2.99. The Hall–Kier alpha value is -2.18. The molecule has 120 valence electrons. The number of methoxy groups -OCH3 is 1. The summed E-state index contributed by atoms with van der Waals surface area (Å²) in [6, 6.07) is 12.3. The van der Waals surface area contributed by atoms with Gasteiger partial charge in [-0.05, 0) is 29.9 Å². The number of carbonyl (C=O) groups excluding carboxylic acids is 1. The Labute approximate surface area is 143 Å². The van der Waals surface area contributed by atoms with Crippen LogP contribution in [0, 0.1) is 5.82 Å². The topological polar surface area (TPSA) is 50.4 Å². The van der Waals surface area contributed by atoms with Crippen LogP contribution in [0.4, 0.5) is 10.1 Å². The van der Waals surface area contributed by atoms with Crippen molar-refractivity contribution in [1.82, 2.24) is 5.32 Å². The highest BCUT2D eigenvalue weighted by Gasteiger charge is 2.17. The molecule has 0 saturated carbocycles. The van der Waals surface area contributed by atoms with Crippen LogP contribution in [-0.2, 0) is 11.3 Å². The molecule has 0 radical (unpaired) electrons. The van der Waals surface area contributed by atoms with E-state index in [-0.39, 0.29) is 10.6 Å². The van der Waals surface area contributed by atoms with Crippen molar-refractivity contribution in [3.63, 3.8) is 0 Å². The summed E-state index contributed by atoms with van der Waals surface area (Å²) in [5.41, 5.74) is 1.19. The van der Waals surface area contributed by atoms with Gasteiger partial charge in [-0.15, -0.1) is 0 Å². The Morgan fingerprint density at radius 3 is 2.65 bits per heavy atom. The Morgan fingerprint density at radius 1 is 1.30 bits per heavy atom. The van der Waals surface area contributed by atoms with Crippen LogP contribution in [0.1, 0.15) is 15.9 Å². The van der Waals surface area contributed by atoms with Crippen molar-refractivity contribution in [3.8, 4) is 0 Å². The van der Waals surface area contributed by atoms with E-state index in [2.05, 4.69) is 15.4 Å². The van der Waals surface area contributed by atoms with Crippen molar-refractivity contribution in [1.29, 1.82) is 0 Å². The maximum absolute atomic E-state index is 13.8. The summed E-state index contributed by atoms with van der Waals surface area (Å²) < 4.78 is 18.3. The van der Waals surface area contributed by atoms with E-state index >= 15 is 0 Å². The molecule has 0 unspecified atom stereocenters. The van der Waals surface area contributed by atoms with E-state index in [0.29, 0.717) is 17.3 Å². The fourth-order valence-corrected chi connectivity index (χ4v) is 2.28. The summed E-state index contributed by atoms with van der Waals surface area (Å²) >= 11 is 11.0. The van der Waals surface area contributed by atoms with Crippen LogP contribution in [0.15, 0.2) is 42.5 Å². The van der Waals surface area contributed by atoms with E-state index in [1.54, 1.807) is 0 Å². The van der Waals surface area contributed by atoms with Crippen LogP contribution in [0.3, 0.4) is 0 Å². The average Bonchev–Trinajstić information content (AvgIpc) is 2.56. The van der Waals surface area contributed by atoms with E-state index in [1.165, 1.54) is 19.2 Å². The molecule has 4 nitrogen and oxygen atoms in total. The van der Waals surface area contributed by atoms with E-state index in [1.807, 2.05) is 30.3 Å². The first-order chi connectivity index (χ1) is 11.0. The largest absolute Gasteiger partial charge is 0.465 e. The highest BCUT2D eigenvalue weighted by atomic mass is 35.5. The molecule has 0 saturated heterocycles. The molecule has 0 bridgehead atoms. The summed E-state index contributed by atoms with van der Waals surface area (Å²) in [5.74, 6) is -1.64. The quantitative estimate of drug-likeness (QED) is 0.648. The van der Waals surface area contributed by atoms with Crippen molar-refractivity contribution < 1.29 is 13.9 Å². The number of esters is 1. The number of carbonyl (C=O) groups is 1. The lowest BCUT2D eigenvalue weighted by atomic mass is 10.2. The van der Waals surface area contributed by atoms with Crippen molar-refractivity contribution in [3.05, 3.63) is 64.4 Å². The molecule has 0 spiro atoms. The van der Waals surface area contributed by atoms with Gasteiger partial charge in [0.2, 0.25) is 0 Å². The van der Waals surface area contributed by atoms with Gasteiger partial charge in [0.25, 0.3) is 0 Å². The van der Waals surface area contributed by atoms with Gasteiger partial charge in [0.05, 0.1) is 17.7 Å². The second-order valence-corrected chi connectivity index (χ2v) is 5.42. The number of anilines is 1. The predicted molar refractivity (Wildman–Crippen MR) is 92.3 cm³/mol. The lowest BCUT2D eigenvalue weighted by molar-refractivity contribution is 0.0595. The molecule has 23 heavy (non-hydrogen) atoms. The minimum absolute atomic E-state index is 0.193. The highest BCUT2D eigenvalue weighted by molar-refractivity contribution is 7.80. The highest BCUT2D eigenvalue weighted by Crippen LogP contribution is 2.24. The fourth-order valence-electron chi connectivity index (χ4n) is 1.87. The molecule has 2 aromatic rings. The lowest BCUT2D eigenvalue weighted by Crippen LogP contribution is -2.28. The second-order valence-electron chi connectivity index (χ2n) is 4.60. The summed E-state index contributed by atoms with van der Waals surface area (Å²) in [6.45, 7) is 0.533. The van der Waals surface area contributed by atoms with Gasteiger partial charge in [-0.2, -0.15) is 0 Å². The number of rotatable bonds is 4. The molecule has 0 aliphatic carbocycles. The van der Waals surface area contributed by atoms with Gasteiger partial charge >= 0.3 is 5.97 Å². The first-order valence-electron chi connectivity index (χ1n) is 6.67. The molecule has 0 aliphatic rings. The van der Waals surface area contributed by atoms with E-state index in [0.717, 1.165) is 5.56 Å². The van der Waals surface area contributed by atoms with E-state index in [4.69, 9.17) is 23.8 Å². The van der Waals surface area contributed by atoms with Gasteiger partial charge in [-0.1, -0.05) is 41.9 Å². The number of nitrogens with one attached hydrogen (secondary N) is 2. The fraction of sp³-hybridized carbons (Fsp3) is 0.125. The molecule has 0 fully saturated rings. The number of thiocarbonyl (C=S) groups is 1. The average molecular weight is 353 g/mol. The molecule has 0 aliphatic heterocycles. The second kappa shape index (κ2) is 7.89. The zero-order valence-corrected chi connectivity index (χ0v) is 13.8. The van der Waals surface area contributed by atoms with Crippen molar-refractivity contribution in [2.45, 2.75) is 6.54 Å². The molecule has 0 atom stereocenters. The van der Waals surface area contributed by atoms with Gasteiger partial charge in [0, 0.05) is 12.2 Å². The molecule has 7 heteroatoms. The monoisotopic (exact) mass is 352 g/mol. The SMILES string of the molecule is COC(=O)c1cc(NC(=S)NCc2ccccc2)cc(Cl)c1F. The minimum Gasteiger partial charge on any atom is -0.465 e. The van der Waals surface area contributed by atoms with Crippen molar-refractivity contribution in [2.75, 3.05) is 12.4 Å². The molecular weight excluding hydrogens is 339 g/mol. The molecule has 2 N–H and O–H groups in total. The summed E-state index contributed by atoms with van der Waals surface area (Å²) in [6.07, 6.45) is 0. The summed E-state index contributed by atoms with van der Waals surface area (Å²) in [4.78, 5) is 11.5. The first-order valence-corrected chi connectivity index (χ1v) is 7.46. The van der Waals surface area contributed by atoms with Gasteiger partial charge in [-0.25, -0.2) is 9.18 Å². The maximum atomic E-state index is 13.8. The Bertz CT molecular complexity index is 726. The smallest absolute Gasteiger partial charge is 0.340 e. The third kappa shape index (κ3) is 4.64. The van der Waals surface area contributed by atoms with Gasteiger partial charge in [-0.3, -0.25) is 0 Å². The number of halogens is 2. The zero-order valence-electron chi connectivity index (χ0n) is 12.2. The van der Waals surface area contributed by atoms with Gasteiger partial charge in [0.15, 0.2) is 10.9 Å². The standard InChI is InChI=1S/C16H14ClFN2O2S/c1-22-15(21)12-7-11(8-13(17)14(12)18)20-16(23)19-9-10-5-3-2-4-6-10/h2-8H,9H2,1H3,(H2,19,20,23). The van der Waals surface area contributed by atoms with Crippen LogP contribution >= 0.6 is 23.8 Å². The summed E-state index contributed by atoms with van der Waals surface area (Å²) in [5, 5.41) is 6.01. The number of hydrogen-bond acceptors (Lipinski definition) is 3. The normalized spacial score (nSPS) is 10.0. The molecular formula is C16H14ClFN2O2S. The van der Waals surface area contributed by atoms with Crippen LogP contribution in [0.5, 0.6) is 0 Å². The van der Waals surface area contributed by atoms with Gasteiger partial charge < -0.3 is 15.4 Å². The van der Waals surface area contributed by atoms with Gasteiger partial charge in [0.1, 0.15) is 0 Å². The van der Waals surface area contributed by atoms with E-state index < -0.39 is 11.8 Å². The Balaban J connectivity index is 2.06.